The van der Waals surface area contributed by atoms with Gasteiger partial charge in [-0.15, -0.1) is 5.10 Å². The molecule has 6 heteroatoms. The molecule has 0 amide bonds. The average molecular weight is 254 g/mol. The summed E-state index contributed by atoms with van der Waals surface area (Å²) in [4.78, 5) is 2.09. The summed E-state index contributed by atoms with van der Waals surface area (Å²) in [7, 11) is 1.87. The third-order valence-electron chi connectivity index (χ3n) is 3.07. The predicted molar refractivity (Wildman–Crippen MR) is 68.6 cm³/mol. The van der Waals surface area contributed by atoms with Gasteiger partial charge in [0, 0.05) is 6.54 Å². The zero-order chi connectivity index (χ0) is 13.3. The van der Waals surface area contributed by atoms with Gasteiger partial charge in [-0.05, 0) is 34.7 Å². The van der Waals surface area contributed by atoms with Crippen LogP contribution in [-0.4, -0.2) is 42.0 Å². The molecule has 1 saturated heterocycles. The number of morpholine rings is 1. The Morgan fingerprint density at radius 1 is 1.44 bits per heavy atom. The Hall–Kier alpha value is -1.14. The fourth-order valence-corrected chi connectivity index (χ4v) is 2.25. The van der Waals surface area contributed by atoms with Crippen LogP contribution in [0.4, 0.5) is 6.01 Å². The molecule has 1 aromatic heterocycles. The second-order valence-corrected chi connectivity index (χ2v) is 5.50. The van der Waals surface area contributed by atoms with Crippen molar-refractivity contribution in [3.05, 3.63) is 5.89 Å². The molecule has 0 radical (unpaired) electrons. The van der Waals surface area contributed by atoms with Crippen LogP contribution in [0.5, 0.6) is 0 Å². The van der Waals surface area contributed by atoms with E-state index < -0.39 is 0 Å². The van der Waals surface area contributed by atoms with Crippen LogP contribution in [0.3, 0.4) is 0 Å². The Morgan fingerprint density at radius 3 is 2.78 bits per heavy atom. The van der Waals surface area contributed by atoms with Gasteiger partial charge in [-0.2, -0.15) is 0 Å². The maximum Gasteiger partial charge on any atom is 0.318 e. The van der Waals surface area contributed by atoms with Crippen molar-refractivity contribution in [2.24, 2.45) is 0 Å². The minimum absolute atomic E-state index is 0.0673. The van der Waals surface area contributed by atoms with Crippen molar-refractivity contribution in [3.8, 4) is 0 Å². The van der Waals surface area contributed by atoms with Gasteiger partial charge in [0.1, 0.15) is 0 Å². The van der Waals surface area contributed by atoms with Gasteiger partial charge in [0.25, 0.3) is 0 Å². The molecule has 2 heterocycles. The lowest BCUT2D eigenvalue weighted by atomic mass is 10.1. The molecule has 1 fully saturated rings. The van der Waals surface area contributed by atoms with Gasteiger partial charge < -0.3 is 19.4 Å². The lowest BCUT2D eigenvalue weighted by Crippen LogP contribution is -2.52. The number of ether oxygens (including phenoxy) is 1. The second kappa shape index (κ2) is 4.85. The Kier molecular flexibility index (Phi) is 3.59. The molecule has 1 N–H and O–H groups in total. The third kappa shape index (κ3) is 2.81. The Morgan fingerprint density at radius 2 is 2.17 bits per heavy atom. The van der Waals surface area contributed by atoms with Crippen LogP contribution >= 0.6 is 0 Å². The Labute approximate surface area is 108 Å². The number of nitrogens with zero attached hydrogens (tertiary/aromatic N) is 3. The van der Waals surface area contributed by atoms with E-state index >= 15 is 0 Å². The van der Waals surface area contributed by atoms with Crippen LogP contribution in [0.15, 0.2) is 4.42 Å². The Balaban J connectivity index is 2.13. The molecular weight excluding hydrogens is 232 g/mol. The van der Waals surface area contributed by atoms with Gasteiger partial charge in [-0.25, -0.2) is 0 Å². The number of hydrogen-bond donors (Lipinski definition) is 1. The van der Waals surface area contributed by atoms with Crippen molar-refractivity contribution in [3.63, 3.8) is 0 Å². The molecule has 0 aromatic carbocycles. The minimum Gasteiger partial charge on any atom is -0.406 e. The van der Waals surface area contributed by atoms with Crippen molar-refractivity contribution in [2.75, 3.05) is 25.0 Å². The molecule has 2 unspecified atom stereocenters. The SMILES string of the molecule is CNC(C)c1nnc(N2CC(C)OC(C)(C)C2)o1. The lowest BCUT2D eigenvalue weighted by Gasteiger charge is -2.40. The Bertz CT molecular complexity index is 405. The highest BCUT2D eigenvalue weighted by Gasteiger charge is 2.33. The van der Waals surface area contributed by atoms with E-state index in [9.17, 15) is 0 Å². The van der Waals surface area contributed by atoms with Crippen LogP contribution in [-0.2, 0) is 4.74 Å². The minimum atomic E-state index is -0.194. The molecule has 18 heavy (non-hydrogen) atoms. The normalized spacial score (nSPS) is 25.2. The molecule has 0 aliphatic carbocycles. The van der Waals surface area contributed by atoms with E-state index in [1.807, 2.05) is 14.0 Å². The quantitative estimate of drug-likeness (QED) is 0.878. The predicted octanol–water partition coefficient (Wildman–Crippen LogP) is 1.35. The van der Waals surface area contributed by atoms with Crippen molar-refractivity contribution in [1.29, 1.82) is 0 Å². The van der Waals surface area contributed by atoms with Gasteiger partial charge in [0.2, 0.25) is 5.89 Å². The van der Waals surface area contributed by atoms with Crippen LogP contribution in [0.2, 0.25) is 0 Å². The molecule has 0 spiro atoms. The number of hydrogen-bond acceptors (Lipinski definition) is 6. The molecule has 1 aliphatic heterocycles. The van der Waals surface area contributed by atoms with Crippen LogP contribution in [0.1, 0.15) is 39.6 Å². The van der Waals surface area contributed by atoms with Crippen LogP contribution < -0.4 is 10.2 Å². The van der Waals surface area contributed by atoms with E-state index in [2.05, 4.69) is 41.2 Å². The van der Waals surface area contributed by atoms with E-state index in [0.717, 1.165) is 13.1 Å². The van der Waals surface area contributed by atoms with Gasteiger partial charge in [-0.3, -0.25) is 0 Å². The summed E-state index contributed by atoms with van der Waals surface area (Å²) in [5.74, 6) is 0.615. The summed E-state index contributed by atoms with van der Waals surface area (Å²) in [5, 5.41) is 11.3. The number of nitrogens with one attached hydrogen (secondary N) is 1. The highest BCUT2D eigenvalue weighted by molar-refractivity contribution is 5.27. The molecule has 1 aliphatic rings. The van der Waals surface area contributed by atoms with Crippen LogP contribution in [0, 0.1) is 0 Å². The van der Waals surface area contributed by atoms with E-state index in [-0.39, 0.29) is 17.7 Å². The molecule has 6 nitrogen and oxygen atoms in total. The van der Waals surface area contributed by atoms with Crippen molar-refractivity contribution < 1.29 is 9.15 Å². The van der Waals surface area contributed by atoms with E-state index in [1.165, 1.54) is 0 Å². The number of aromatic nitrogens is 2. The molecular formula is C12H22N4O2. The topological polar surface area (TPSA) is 63.4 Å². The monoisotopic (exact) mass is 254 g/mol. The van der Waals surface area contributed by atoms with Gasteiger partial charge in [0.15, 0.2) is 0 Å². The average Bonchev–Trinajstić information content (AvgIpc) is 2.74. The first kappa shape index (κ1) is 13.3. The lowest BCUT2D eigenvalue weighted by molar-refractivity contribution is -0.0761. The second-order valence-electron chi connectivity index (χ2n) is 5.50. The molecule has 0 saturated carbocycles. The fourth-order valence-electron chi connectivity index (χ4n) is 2.25. The van der Waals surface area contributed by atoms with Crippen LogP contribution in [0.25, 0.3) is 0 Å². The molecule has 0 bridgehead atoms. The first-order chi connectivity index (χ1) is 8.41. The number of rotatable bonds is 3. The van der Waals surface area contributed by atoms with Crippen molar-refractivity contribution >= 4 is 6.01 Å². The first-order valence-electron chi connectivity index (χ1n) is 6.35. The van der Waals surface area contributed by atoms with Crippen molar-refractivity contribution in [2.45, 2.75) is 45.4 Å². The van der Waals surface area contributed by atoms with E-state index in [1.54, 1.807) is 0 Å². The zero-order valence-electron chi connectivity index (χ0n) is 11.7. The van der Waals surface area contributed by atoms with Crippen molar-refractivity contribution in [1.82, 2.24) is 15.5 Å². The highest BCUT2D eigenvalue weighted by Crippen LogP contribution is 2.25. The summed E-state index contributed by atoms with van der Waals surface area (Å²) in [5.41, 5.74) is -0.194. The van der Waals surface area contributed by atoms with E-state index in [0.29, 0.717) is 11.9 Å². The van der Waals surface area contributed by atoms with E-state index in [4.69, 9.17) is 9.15 Å². The molecule has 2 atom stereocenters. The summed E-state index contributed by atoms with van der Waals surface area (Å²) in [6.07, 6.45) is 0.158. The summed E-state index contributed by atoms with van der Waals surface area (Å²) in [6.45, 7) is 9.73. The summed E-state index contributed by atoms with van der Waals surface area (Å²) < 4.78 is 11.6. The van der Waals surface area contributed by atoms with Gasteiger partial charge >= 0.3 is 6.01 Å². The highest BCUT2D eigenvalue weighted by atomic mass is 16.5. The molecule has 102 valence electrons. The zero-order valence-corrected chi connectivity index (χ0v) is 11.7. The molecule has 2 rings (SSSR count). The third-order valence-corrected chi connectivity index (χ3v) is 3.07. The first-order valence-corrected chi connectivity index (χ1v) is 6.35. The summed E-state index contributed by atoms with van der Waals surface area (Å²) >= 11 is 0. The maximum atomic E-state index is 5.86. The smallest absolute Gasteiger partial charge is 0.318 e. The standard InChI is InChI=1S/C12H22N4O2/c1-8-6-16(7-12(3,4)18-8)11-15-14-10(17-11)9(2)13-5/h8-9,13H,6-7H2,1-5H3. The summed E-state index contributed by atoms with van der Waals surface area (Å²) in [6, 6.07) is 0.646. The maximum absolute atomic E-state index is 5.86. The van der Waals surface area contributed by atoms with Gasteiger partial charge in [-0.1, -0.05) is 5.10 Å². The largest absolute Gasteiger partial charge is 0.406 e. The molecule has 1 aromatic rings. The number of anilines is 1. The fraction of sp³-hybridized carbons (Fsp3) is 0.833. The van der Waals surface area contributed by atoms with Gasteiger partial charge in [0.05, 0.1) is 24.3 Å².